The van der Waals surface area contributed by atoms with E-state index in [0.717, 1.165) is 39.8 Å². The molecule has 0 aromatic heterocycles. The predicted octanol–water partition coefficient (Wildman–Crippen LogP) is 9.69. The average molecular weight is 590 g/mol. The third-order valence-corrected chi connectivity index (χ3v) is 9.51. The second-order valence-corrected chi connectivity index (χ2v) is 12.3. The van der Waals surface area contributed by atoms with Crippen molar-refractivity contribution in [1.29, 1.82) is 0 Å². The Morgan fingerprint density at radius 3 is 2.09 bits per heavy atom. The zero-order valence-corrected chi connectivity index (χ0v) is 25.1. The number of para-hydroxylation sites is 2. The summed E-state index contributed by atoms with van der Waals surface area (Å²) in [7, 11) is 0. The molecule has 10 rings (SSSR count). The fourth-order valence-electron chi connectivity index (χ4n) is 7.51. The fourth-order valence-corrected chi connectivity index (χ4v) is 7.51. The van der Waals surface area contributed by atoms with Gasteiger partial charge in [-0.3, -0.25) is 0 Å². The van der Waals surface area contributed by atoms with Gasteiger partial charge in [0.2, 0.25) is 0 Å². The quantitative estimate of drug-likeness (QED) is 0.203. The maximum Gasteiger partial charge on any atom is 0.333 e. The molecule has 0 saturated carbocycles. The van der Waals surface area contributed by atoms with Crippen molar-refractivity contribution in [2.24, 2.45) is 0 Å². The van der Waals surface area contributed by atoms with Gasteiger partial charge in [-0.15, -0.1) is 0 Å². The molecular formula is C41H27BN2O2. The van der Waals surface area contributed by atoms with E-state index in [-0.39, 0.29) is 6.85 Å². The Balaban J connectivity index is 1.23. The summed E-state index contributed by atoms with van der Waals surface area (Å²) in [5, 5.41) is 6.30. The molecule has 3 heterocycles. The molecule has 0 unspecified atom stereocenters. The van der Waals surface area contributed by atoms with Crippen molar-refractivity contribution in [3.05, 3.63) is 145 Å². The van der Waals surface area contributed by atoms with E-state index in [0.29, 0.717) is 5.75 Å². The first-order valence-corrected chi connectivity index (χ1v) is 15.7. The van der Waals surface area contributed by atoms with Gasteiger partial charge in [0, 0.05) is 34.4 Å². The maximum atomic E-state index is 6.45. The highest BCUT2D eigenvalue weighted by Crippen LogP contribution is 2.50. The number of nitrogens with zero attached hydrogens (tertiary/aromatic N) is 1. The molecule has 3 aliphatic heterocycles. The molecule has 0 fully saturated rings. The lowest BCUT2D eigenvalue weighted by molar-refractivity contribution is 0.360. The van der Waals surface area contributed by atoms with Gasteiger partial charge in [0.25, 0.3) is 0 Å². The average Bonchev–Trinajstić information content (AvgIpc) is 3.10. The molecule has 0 aliphatic carbocycles. The van der Waals surface area contributed by atoms with Crippen LogP contribution in [0.5, 0.6) is 23.0 Å². The molecule has 3 aliphatic rings. The van der Waals surface area contributed by atoms with Gasteiger partial charge < -0.3 is 19.6 Å². The van der Waals surface area contributed by atoms with Crippen LogP contribution in [0, 0.1) is 6.92 Å². The van der Waals surface area contributed by atoms with Gasteiger partial charge in [-0.1, -0.05) is 91.0 Å². The highest BCUT2D eigenvalue weighted by atomic mass is 16.6. The Morgan fingerprint density at radius 1 is 0.587 bits per heavy atom. The van der Waals surface area contributed by atoms with E-state index in [2.05, 4.69) is 132 Å². The van der Waals surface area contributed by atoms with Gasteiger partial charge in [0.15, 0.2) is 23.0 Å². The Morgan fingerprint density at radius 2 is 1.28 bits per heavy atom. The number of ether oxygens (including phenoxy) is 2. The predicted molar refractivity (Wildman–Crippen MR) is 189 cm³/mol. The fraction of sp³-hybridized carbons (Fsp3) is 0.0244. The molecule has 216 valence electrons. The van der Waals surface area contributed by atoms with Gasteiger partial charge in [-0.05, 0) is 93.3 Å². The van der Waals surface area contributed by atoms with E-state index in [9.17, 15) is 0 Å². The van der Waals surface area contributed by atoms with Crippen molar-refractivity contribution in [1.82, 2.24) is 0 Å². The van der Waals surface area contributed by atoms with Crippen molar-refractivity contribution in [3.8, 4) is 45.3 Å². The summed E-state index contributed by atoms with van der Waals surface area (Å²) < 4.78 is 12.8. The van der Waals surface area contributed by atoms with Crippen molar-refractivity contribution >= 4 is 51.3 Å². The maximum absolute atomic E-state index is 6.45. The van der Waals surface area contributed by atoms with Crippen LogP contribution in [0.15, 0.2) is 140 Å². The van der Waals surface area contributed by atoms with Crippen LogP contribution in [0.4, 0.5) is 22.7 Å². The molecule has 46 heavy (non-hydrogen) atoms. The minimum atomic E-state index is -0.0934. The highest BCUT2D eigenvalue weighted by molar-refractivity contribution is 6.93. The summed E-state index contributed by atoms with van der Waals surface area (Å²) in [6.07, 6.45) is 0. The standard InChI is InChI=1S/C41H27BN2O2/c1-25-21-31-40-30-12-6-5-11-28(30)17-20-35(40)44(29-18-15-27(16-19-29)26-9-3-2-4-10-26)42-32-23-38-39(24-33(32)43-34(22-25)41(31)42)46-37-14-8-7-13-36(37)45-38/h2-24,43H,1H3. The highest BCUT2D eigenvalue weighted by Gasteiger charge is 2.44. The van der Waals surface area contributed by atoms with Crippen molar-refractivity contribution < 1.29 is 9.47 Å². The van der Waals surface area contributed by atoms with Crippen molar-refractivity contribution in [2.75, 3.05) is 10.1 Å². The van der Waals surface area contributed by atoms with Crippen LogP contribution in [-0.4, -0.2) is 6.85 Å². The number of hydrogen-bond donors (Lipinski definition) is 1. The largest absolute Gasteiger partial charge is 0.450 e. The van der Waals surface area contributed by atoms with Crippen molar-refractivity contribution in [2.45, 2.75) is 6.92 Å². The summed E-state index contributed by atoms with van der Waals surface area (Å²) in [5.74, 6) is 2.88. The monoisotopic (exact) mass is 590 g/mol. The topological polar surface area (TPSA) is 33.7 Å². The van der Waals surface area contributed by atoms with Gasteiger partial charge in [0.05, 0.1) is 0 Å². The molecular weight excluding hydrogens is 563 g/mol. The molecule has 0 atom stereocenters. The third-order valence-electron chi connectivity index (χ3n) is 9.51. The van der Waals surface area contributed by atoms with E-state index < -0.39 is 0 Å². The van der Waals surface area contributed by atoms with Crippen LogP contribution in [0.3, 0.4) is 0 Å². The van der Waals surface area contributed by atoms with Crippen LogP contribution in [-0.2, 0) is 0 Å². The lowest BCUT2D eigenvalue weighted by Gasteiger charge is -2.43. The molecule has 0 amide bonds. The Hall–Kier alpha value is -5.94. The molecule has 5 heteroatoms. The normalized spacial score (nSPS) is 13.3. The lowest BCUT2D eigenvalue weighted by Crippen LogP contribution is -2.60. The second kappa shape index (κ2) is 9.53. The number of rotatable bonds is 2. The van der Waals surface area contributed by atoms with Crippen LogP contribution in [0.25, 0.3) is 33.0 Å². The molecule has 0 bridgehead atoms. The first-order valence-electron chi connectivity index (χ1n) is 15.7. The van der Waals surface area contributed by atoms with E-state index in [4.69, 9.17) is 9.47 Å². The summed E-state index contributed by atoms with van der Waals surface area (Å²) in [6, 6.07) is 49.6. The first kappa shape index (κ1) is 25.4. The van der Waals surface area contributed by atoms with Gasteiger partial charge in [0.1, 0.15) is 0 Å². The van der Waals surface area contributed by atoms with Gasteiger partial charge >= 0.3 is 6.85 Å². The van der Waals surface area contributed by atoms with E-state index in [1.165, 1.54) is 49.7 Å². The zero-order chi connectivity index (χ0) is 30.4. The molecule has 1 N–H and O–H groups in total. The van der Waals surface area contributed by atoms with Crippen LogP contribution < -0.4 is 30.5 Å². The summed E-state index contributed by atoms with van der Waals surface area (Å²) in [6.45, 7) is 2.09. The van der Waals surface area contributed by atoms with Crippen LogP contribution in [0.1, 0.15) is 5.56 Å². The number of hydrogen-bond acceptors (Lipinski definition) is 4. The van der Waals surface area contributed by atoms with Gasteiger partial charge in [-0.2, -0.15) is 0 Å². The SMILES string of the molecule is Cc1cc2c3c(c1)-c1c(ccc4ccccc14)N(c1ccc(-c4ccccc4)cc1)B3c1cc3c(cc1N2)Oc1ccccc1O3. The Labute approximate surface area is 267 Å². The van der Waals surface area contributed by atoms with Crippen LogP contribution >= 0.6 is 0 Å². The molecule has 7 aromatic rings. The number of aryl methyl sites for hydroxylation is 1. The lowest BCUT2D eigenvalue weighted by atomic mass is 9.43. The number of benzene rings is 7. The Kier molecular flexibility index (Phi) is 5.26. The number of fused-ring (bicyclic) bond motifs is 8. The summed E-state index contributed by atoms with van der Waals surface area (Å²) in [5.41, 5.74) is 13.0. The minimum Gasteiger partial charge on any atom is -0.450 e. The molecule has 4 nitrogen and oxygen atoms in total. The van der Waals surface area contributed by atoms with Crippen molar-refractivity contribution in [3.63, 3.8) is 0 Å². The molecule has 0 spiro atoms. The Bertz CT molecular complexity index is 2370. The zero-order valence-electron chi connectivity index (χ0n) is 25.1. The number of nitrogens with one attached hydrogen (secondary N) is 1. The smallest absolute Gasteiger partial charge is 0.333 e. The van der Waals surface area contributed by atoms with Crippen LogP contribution in [0.2, 0.25) is 0 Å². The summed E-state index contributed by atoms with van der Waals surface area (Å²) in [4.78, 5) is 2.52. The van der Waals surface area contributed by atoms with E-state index in [1.807, 2.05) is 24.3 Å². The number of anilines is 4. The molecule has 0 saturated heterocycles. The summed E-state index contributed by atoms with van der Waals surface area (Å²) >= 11 is 0. The third kappa shape index (κ3) is 3.69. The van der Waals surface area contributed by atoms with E-state index in [1.54, 1.807) is 0 Å². The molecule has 0 radical (unpaired) electrons. The molecule has 7 aromatic carbocycles. The first-order chi connectivity index (χ1) is 22.7. The minimum absolute atomic E-state index is 0.0934. The van der Waals surface area contributed by atoms with Gasteiger partial charge in [-0.25, -0.2) is 0 Å². The van der Waals surface area contributed by atoms with E-state index >= 15 is 0 Å². The second-order valence-electron chi connectivity index (χ2n) is 12.3.